The first-order valence-electron chi connectivity index (χ1n) is 8.49. The quantitative estimate of drug-likeness (QED) is 0.677. The van der Waals surface area contributed by atoms with Crippen molar-refractivity contribution in [3.05, 3.63) is 41.7 Å². The van der Waals surface area contributed by atoms with E-state index < -0.39 is 6.09 Å². The summed E-state index contributed by atoms with van der Waals surface area (Å²) in [4.78, 5) is 13.1. The first-order chi connectivity index (χ1) is 11.8. The Balaban J connectivity index is 1.63. The summed E-state index contributed by atoms with van der Waals surface area (Å²) >= 11 is 0. The van der Waals surface area contributed by atoms with Crippen molar-refractivity contribution in [2.75, 3.05) is 6.61 Å². The molecule has 0 spiro atoms. The van der Waals surface area contributed by atoms with E-state index in [1.165, 1.54) is 12.0 Å². The molecule has 0 atom stereocenters. The standard InChI is InChI=1S/C17H25N5O2/c1-2-3-4-8-13-24-17(23)18-14-16-19-21-22(20-16)12-11-15-9-6-5-7-10-15/h5-7,9-10H,2-4,8,11-14H2,1H3,(H,18,23). The van der Waals surface area contributed by atoms with Crippen LogP contribution in [0.3, 0.4) is 0 Å². The fraction of sp³-hybridized carbons (Fsp3) is 0.529. The van der Waals surface area contributed by atoms with Crippen molar-refractivity contribution in [3.63, 3.8) is 0 Å². The van der Waals surface area contributed by atoms with Gasteiger partial charge in [0.25, 0.3) is 0 Å². The monoisotopic (exact) mass is 331 g/mol. The molecule has 1 N–H and O–H groups in total. The Morgan fingerprint density at radius 3 is 2.83 bits per heavy atom. The minimum atomic E-state index is -0.438. The third kappa shape index (κ3) is 6.76. The van der Waals surface area contributed by atoms with E-state index in [1.54, 1.807) is 4.80 Å². The summed E-state index contributed by atoms with van der Waals surface area (Å²) in [6, 6.07) is 10.1. The lowest BCUT2D eigenvalue weighted by molar-refractivity contribution is 0.143. The number of unbranched alkanes of at least 4 members (excludes halogenated alkanes) is 3. The number of aryl methyl sites for hydroxylation is 2. The van der Waals surface area contributed by atoms with Crippen LogP contribution in [0.25, 0.3) is 0 Å². The Labute approximate surface area is 142 Å². The molecular formula is C17H25N5O2. The van der Waals surface area contributed by atoms with Gasteiger partial charge >= 0.3 is 6.09 Å². The smallest absolute Gasteiger partial charge is 0.407 e. The largest absolute Gasteiger partial charge is 0.450 e. The fourth-order valence-electron chi connectivity index (χ4n) is 2.21. The average Bonchev–Trinajstić information content (AvgIpc) is 3.07. The van der Waals surface area contributed by atoms with Crippen LogP contribution in [0.1, 0.15) is 44.0 Å². The third-order valence-electron chi connectivity index (χ3n) is 3.56. The fourth-order valence-corrected chi connectivity index (χ4v) is 2.21. The van der Waals surface area contributed by atoms with Crippen LogP contribution >= 0.6 is 0 Å². The Bertz CT molecular complexity index is 600. The highest BCUT2D eigenvalue weighted by Gasteiger charge is 2.06. The van der Waals surface area contributed by atoms with E-state index in [9.17, 15) is 4.79 Å². The van der Waals surface area contributed by atoms with Gasteiger partial charge in [-0.2, -0.15) is 4.80 Å². The molecule has 0 radical (unpaired) electrons. The van der Waals surface area contributed by atoms with Gasteiger partial charge in [0.1, 0.15) is 0 Å². The zero-order chi connectivity index (χ0) is 17.0. The molecule has 1 aromatic carbocycles. The van der Waals surface area contributed by atoms with Crippen molar-refractivity contribution in [1.29, 1.82) is 0 Å². The van der Waals surface area contributed by atoms with Crippen LogP contribution in [-0.4, -0.2) is 32.9 Å². The molecule has 0 saturated heterocycles. The van der Waals surface area contributed by atoms with E-state index in [0.717, 1.165) is 25.7 Å². The molecule has 1 amide bonds. The molecule has 0 aliphatic carbocycles. The Morgan fingerprint density at radius 2 is 2.04 bits per heavy atom. The predicted molar refractivity (Wildman–Crippen MR) is 90.3 cm³/mol. The summed E-state index contributed by atoms with van der Waals surface area (Å²) in [5.41, 5.74) is 1.22. The lowest BCUT2D eigenvalue weighted by atomic mass is 10.2. The second kappa shape index (κ2) is 10.4. The van der Waals surface area contributed by atoms with Crippen molar-refractivity contribution in [1.82, 2.24) is 25.5 Å². The predicted octanol–water partition coefficient (Wildman–Crippen LogP) is 2.72. The molecule has 1 aromatic heterocycles. The number of carbonyl (C=O) groups is 1. The lowest BCUT2D eigenvalue weighted by Gasteiger charge is -2.04. The van der Waals surface area contributed by atoms with Gasteiger partial charge in [0.15, 0.2) is 5.82 Å². The minimum absolute atomic E-state index is 0.221. The molecule has 1 heterocycles. The number of rotatable bonds is 10. The van der Waals surface area contributed by atoms with Gasteiger partial charge in [-0.25, -0.2) is 4.79 Å². The Hall–Kier alpha value is -2.44. The molecule has 7 nitrogen and oxygen atoms in total. The molecule has 0 aliphatic heterocycles. The van der Waals surface area contributed by atoms with E-state index in [2.05, 4.69) is 39.8 Å². The van der Waals surface area contributed by atoms with Crippen LogP contribution in [0, 0.1) is 0 Å². The van der Waals surface area contributed by atoms with E-state index >= 15 is 0 Å². The second-order valence-electron chi connectivity index (χ2n) is 5.59. The van der Waals surface area contributed by atoms with Gasteiger partial charge in [-0.3, -0.25) is 0 Å². The number of nitrogens with zero attached hydrogens (tertiary/aromatic N) is 4. The van der Waals surface area contributed by atoms with Crippen molar-refractivity contribution in [3.8, 4) is 0 Å². The first-order valence-corrected chi connectivity index (χ1v) is 8.49. The number of hydrogen-bond donors (Lipinski definition) is 1. The van der Waals surface area contributed by atoms with Crippen molar-refractivity contribution >= 4 is 6.09 Å². The van der Waals surface area contributed by atoms with Crippen LogP contribution in [0.5, 0.6) is 0 Å². The number of nitrogens with one attached hydrogen (secondary N) is 1. The van der Waals surface area contributed by atoms with Crippen molar-refractivity contribution in [2.24, 2.45) is 0 Å². The molecule has 2 rings (SSSR count). The van der Waals surface area contributed by atoms with E-state index in [0.29, 0.717) is 19.0 Å². The van der Waals surface area contributed by atoms with Crippen LogP contribution in [0.2, 0.25) is 0 Å². The van der Waals surface area contributed by atoms with E-state index in [1.807, 2.05) is 18.2 Å². The van der Waals surface area contributed by atoms with Crippen LogP contribution in [0.4, 0.5) is 4.79 Å². The van der Waals surface area contributed by atoms with Crippen molar-refractivity contribution < 1.29 is 9.53 Å². The number of carbonyl (C=O) groups excluding carboxylic acids is 1. The van der Waals surface area contributed by atoms with Crippen LogP contribution in [0.15, 0.2) is 30.3 Å². The van der Waals surface area contributed by atoms with Gasteiger partial charge in [0.05, 0.1) is 19.7 Å². The highest BCUT2D eigenvalue weighted by Crippen LogP contribution is 2.01. The van der Waals surface area contributed by atoms with Gasteiger partial charge in [-0.05, 0) is 23.6 Å². The van der Waals surface area contributed by atoms with Crippen LogP contribution in [-0.2, 0) is 24.2 Å². The second-order valence-corrected chi connectivity index (χ2v) is 5.59. The SMILES string of the molecule is CCCCCCOC(=O)NCc1nnn(CCc2ccccc2)n1. The lowest BCUT2D eigenvalue weighted by Crippen LogP contribution is -2.24. The summed E-state index contributed by atoms with van der Waals surface area (Å²) in [6.45, 7) is 3.47. The van der Waals surface area contributed by atoms with Gasteiger partial charge in [-0.1, -0.05) is 56.5 Å². The number of alkyl carbamates (subject to hydrolysis) is 1. The molecular weight excluding hydrogens is 306 g/mol. The molecule has 0 aliphatic rings. The maximum absolute atomic E-state index is 11.6. The first kappa shape index (κ1) is 17.9. The summed E-state index contributed by atoms with van der Waals surface area (Å²) in [5, 5.41) is 14.8. The maximum Gasteiger partial charge on any atom is 0.407 e. The number of ether oxygens (including phenoxy) is 1. The normalized spacial score (nSPS) is 10.5. The molecule has 24 heavy (non-hydrogen) atoms. The van der Waals surface area contributed by atoms with Gasteiger partial charge in [0.2, 0.25) is 0 Å². The molecule has 0 unspecified atom stereocenters. The molecule has 7 heteroatoms. The summed E-state index contributed by atoms with van der Waals surface area (Å²) in [5.74, 6) is 0.478. The number of amides is 1. The Morgan fingerprint density at radius 1 is 1.21 bits per heavy atom. The summed E-state index contributed by atoms with van der Waals surface area (Å²) in [6.07, 6.45) is 4.71. The molecule has 0 bridgehead atoms. The van der Waals surface area contributed by atoms with E-state index in [4.69, 9.17) is 4.74 Å². The minimum Gasteiger partial charge on any atom is -0.450 e. The highest BCUT2D eigenvalue weighted by atomic mass is 16.5. The maximum atomic E-state index is 11.6. The topological polar surface area (TPSA) is 81.9 Å². The highest BCUT2D eigenvalue weighted by molar-refractivity contribution is 5.66. The van der Waals surface area contributed by atoms with Crippen LogP contribution < -0.4 is 5.32 Å². The molecule has 0 fully saturated rings. The number of tetrazole rings is 1. The third-order valence-corrected chi connectivity index (χ3v) is 3.56. The van der Waals surface area contributed by atoms with Crippen molar-refractivity contribution in [2.45, 2.75) is 52.1 Å². The summed E-state index contributed by atoms with van der Waals surface area (Å²) < 4.78 is 5.09. The average molecular weight is 331 g/mol. The number of aromatic nitrogens is 4. The van der Waals surface area contributed by atoms with E-state index in [-0.39, 0.29) is 6.54 Å². The molecule has 2 aromatic rings. The summed E-state index contributed by atoms with van der Waals surface area (Å²) in [7, 11) is 0. The number of hydrogen-bond acceptors (Lipinski definition) is 5. The molecule has 0 saturated carbocycles. The number of benzene rings is 1. The Kier molecular flexibility index (Phi) is 7.73. The van der Waals surface area contributed by atoms with Gasteiger partial charge in [-0.15, -0.1) is 10.2 Å². The van der Waals surface area contributed by atoms with Gasteiger partial charge < -0.3 is 10.1 Å². The zero-order valence-electron chi connectivity index (χ0n) is 14.1. The molecule has 130 valence electrons. The zero-order valence-corrected chi connectivity index (χ0v) is 14.1. The van der Waals surface area contributed by atoms with Gasteiger partial charge in [0, 0.05) is 0 Å².